The van der Waals surface area contributed by atoms with E-state index in [-0.39, 0.29) is 0 Å². The fourth-order valence-corrected chi connectivity index (χ4v) is 3.67. The van der Waals surface area contributed by atoms with E-state index in [4.69, 9.17) is 9.72 Å². The van der Waals surface area contributed by atoms with Gasteiger partial charge in [0.15, 0.2) is 0 Å². The maximum Gasteiger partial charge on any atom is 0.228 e. The predicted molar refractivity (Wildman–Crippen MR) is 111 cm³/mol. The molecule has 5 nitrogen and oxygen atoms in total. The fraction of sp³-hybridized carbons (Fsp3) is 0.143. The van der Waals surface area contributed by atoms with Gasteiger partial charge < -0.3 is 14.4 Å². The quantitative estimate of drug-likeness (QED) is 0.489. The maximum atomic E-state index is 5.49. The zero-order chi connectivity index (χ0) is 18.6. The molecule has 1 aliphatic rings. The van der Waals surface area contributed by atoms with E-state index in [1.54, 1.807) is 18.2 Å². The first kappa shape index (κ1) is 17.4. The summed E-state index contributed by atoms with van der Waals surface area (Å²) in [5.41, 5.74) is 5.14. The standard InChI is InChI=1S/C21H20N4OS/c1-15-8-6-7-11-18(15)22-21-23-19-12-13-26-14-17(19)20(24-21)27-25(2)16-9-4-3-5-10-16/h3-13H,14H2,1-2H3,(H,22,23,24). The molecule has 0 spiro atoms. The van der Waals surface area contributed by atoms with E-state index < -0.39 is 0 Å². The largest absolute Gasteiger partial charge is 0.496 e. The fourth-order valence-electron chi connectivity index (χ4n) is 2.78. The molecule has 1 aliphatic heterocycles. The van der Waals surface area contributed by atoms with Crippen LogP contribution in [0.3, 0.4) is 0 Å². The molecule has 27 heavy (non-hydrogen) atoms. The average molecular weight is 376 g/mol. The molecule has 0 saturated heterocycles. The number of anilines is 3. The molecule has 2 heterocycles. The smallest absolute Gasteiger partial charge is 0.228 e. The van der Waals surface area contributed by atoms with Crippen LogP contribution >= 0.6 is 11.9 Å². The molecule has 2 aromatic carbocycles. The van der Waals surface area contributed by atoms with Gasteiger partial charge in [0.25, 0.3) is 0 Å². The van der Waals surface area contributed by atoms with Gasteiger partial charge in [0.2, 0.25) is 5.95 Å². The van der Waals surface area contributed by atoms with Crippen molar-refractivity contribution in [2.75, 3.05) is 16.7 Å². The first-order valence-electron chi connectivity index (χ1n) is 8.69. The van der Waals surface area contributed by atoms with Crippen molar-refractivity contribution in [1.29, 1.82) is 0 Å². The van der Waals surface area contributed by atoms with E-state index in [0.29, 0.717) is 12.6 Å². The Morgan fingerprint density at radius 1 is 1.04 bits per heavy atom. The Morgan fingerprint density at radius 3 is 2.63 bits per heavy atom. The van der Waals surface area contributed by atoms with E-state index >= 15 is 0 Å². The van der Waals surface area contributed by atoms with Crippen LogP contribution in [-0.4, -0.2) is 17.0 Å². The molecule has 3 aromatic rings. The van der Waals surface area contributed by atoms with Crippen molar-refractivity contribution in [1.82, 2.24) is 9.97 Å². The summed E-state index contributed by atoms with van der Waals surface area (Å²) in [6.07, 6.45) is 3.57. The molecule has 6 heteroatoms. The minimum absolute atomic E-state index is 0.474. The molecule has 4 rings (SSSR count). The lowest BCUT2D eigenvalue weighted by atomic mass is 10.2. The number of fused-ring (bicyclic) bond motifs is 1. The first-order chi connectivity index (χ1) is 13.2. The van der Waals surface area contributed by atoms with Crippen LogP contribution in [0.25, 0.3) is 6.08 Å². The lowest BCUT2D eigenvalue weighted by Gasteiger charge is -2.21. The highest BCUT2D eigenvalue weighted by Crippen LogP contribution is 2.33. The lowest BCUT2D eigenvalue weighted by molar-refractivity contribution is 0.230. The summed E-state index contributed by atoms with van der Waals surface area (Å²) >= 11 is 1.57. The summed E-state index contributed by atoms with van der Waals surface area (Å²) in [4.78, 5) is 9.44. The van der Waals surface area contributed by atoms with E-state index in [1.807, 2.05) is 49.5 Å². The van der Waals surface area contributed by atoms with Crippen molar-refractivity contribution in [2.45, 2.75) is 18.6 Å². The second kappa shape index (κ2) is 7.72. The molecule has 136 valence electrons. The van der Waals surface area contributed by atoms with Gasteiger partial charge >= 0.3 is 0 Å². The Hall–Kier alpha value is -2.99. The van der Waals surface area contributed by atoms with Crippen LogP contribution in [0, 0.1) is 6.92 Å². The molecular formula is C21H20N4OS. The Labute approximate surface area is 163 Å². The number of para-hydroxylation sites is 2. The Balaban J connectivity index is 1.68. The summed E-state index contributed by atoms with van der Waals surface area (Å²) in [6.45, 7) is 2.54. The zero-order valence-electron chi connectivity index (χ0n) is 15.2. The third-order valence-electron chi connectivity index (χ3n) is 4.29. The monoisotopic (exact) mass is 376 g/mol. The number of benzene rings is 2. The number of rotatable bonds is 5. The molecule has 1 aromatic heterocycles. The predicted octanol–water partition coefficient (Wildman–Crippen LogP) is 5.17. The van der Waals surface area contributed by atoms with Gasteiger partial charge in [0.05, 0.1) is 12.0 Å². The Kier molecular flexibility index (Phi) is 4.98. The lowest BCUT2D eigenvalue weighted by Crippen LogP contribution is -2.12. The van der Waals surface area contributed by atoms with E-state index in [1.165, 1.54) is 0 Å². The van der Waals surface area contributed by atoms with Gasteiger partial charge in [-0.05, 0) is 36.8 Å². The first-order valence-corrected chi connectivity index (χ1v) is 9.46. The number of hydrogen-bond donors (Lipinski definition) is 1. The second-order valence-corrected chi connectivity index (χ2v) is 7.31. The second-order valence-electron chi connectivity index (χ2n) is 6.19. The number of hydrogen-bond acceptors (Lipinski definition) is 6. The number of ether oxygens (including phenoxy) is 1. The molecule has 0 amide bonds. The van der Waals surface area contributed by atoms with Crippen LogP contribution in [0.5, 0.6) is 0 Å². The van der Waals surface area contributed by atoms with Crippen molar-refractivity contribution >= 4 is 35.3 Å². The average Bonchev–Trinajstić information content (AvgIpc) is 2.70. The molecule has 0 saturated carbocycles. The van der Waals surface area contributed by atoms with Gasteiger partial charge in [-0.1, -0.05) is 36.4 Å². The van der Waals surface area contributed by atoms with Gasteiger partial charge in [-0.15, -0.1) is 0 Å². The van der Waals surface area contributed by atoms with E-state index in [9.17, 15) is 0 Å². The number of nitrogens with zero attached hydrogens (tertiary/aromatic N) is 3. The van der Waals surface area contributed by atoms with Gasteiger partial charge in [0.1, 0.15) is 11.6 Å². The minimum atomic E-state index is 0.474. The highest BCUT2D eigenvalue weighted by molar-refractivity contribution is 8.00. The number of aromatic nitrogens is 2. The molecule has 0 fully saturated rings. The number of aryl methyl sites for hydroxylation is 1. The summed E-state index contributed by atoms with van der Waals surface area (Å²) < 4.78 is 7.58. The van der Waals surface area contributed by atoms with Gasteiger partial charge in [-0.25, -0.2) is 9.97 Å². The Bertz CT molecular complexity index is 975. The highest BCUT2D eigenvalue weighted by Gasteiger charge is 2.18. The molecule has 0 atom stereocenters. The van der Waals surface area contributed by atoms with E-state index in [2.05, 4.69) is 39.7 Å². The molecule has 0 unspecified atom stereocenters. The van der Waals surface area contributed by atoms with Crippen LogP contribution < -0.4 is 9.62 Å². The molecular weight excluding hydrogens is 356 g/mol. The molecule has 0 bridgehead atoms. The number of nitrogens with one attached hydrogen (secondary N) is 1. The molecule has 1 N–H and O–H groups in total. The van der Waals surface area contributed by atoms with Crippen LogP contribution in [0.2, 0.25) is 0 Å². The van der Waals surface area contributed by atoms with Crippen molar-refractivity contribution in [2.24, 2.45) is 0 Å². The zero-order valence-corrected chi connectivity index (χ0v) is 16.0. The highest BCUT2D eigenvalue weighted by atomic mass is 32.2. The normalized spacial score (nSPS) is 12.2. The van der Waals surface area contributed by atoms with Crippen LogP contribution in [-0.2, 0) is 11.3 Å². The maximum absolute atomic E-state index is 5.49. The summed E-state index contributed by atoms with van der Waals surface area (Å²) in [6, 6.07) is 18.3. The SMILES string of the molecule is Cc1ccccc1Nc1nc2c(c(SN(C)c3ccccc3)n1)COC=C2. The van der Waals surface area contributed by atoms with E-state index in [0.717, 1.165) is 33.2 Å². The third-order valence-corrected chi connectivity index (χ3v) is 5.28. The van der Waals surface area contributed by atoms with Crippen molar-refractivity contribution < 1.29 is 4.74 Å². The molecule has 0 radical (unpaired) electrons. The minimum Gasteiger partial charge on any atom is -0.496 e. The summed E-state index contributed by atoms with van der Waals surface area (Å²) in [5.74, 6) is 0.582. The van der Waals surface area contributed by atoms with Crippen molar-refractivity contribution in [3.8, 4) is 0 Å². The van der Waals surface area contributed by atoms with Crippen LogP contribution in [0.4, 0.5) is 17.3 Å². The Morgan fingerprint density at radius 2 is 1.81 bits per heavy atom. The van der Waals surface area contributed by atoms with Crippen molar-refractivity contribution in [3.63, 3.8) is 0 Å². The van der Waals surface area contributed by atoms with Gasteiger partial charge in [-0.2, -0.15) is 0 Å². The summed E-state index contributed by atoms with van der Waals surface area (Å²) in [5, 5.41) is 4.23. The molecule has 0 aliphatic carbocycles. The third kappa shape index (κ3) is 3.90. The van der Waals surface area contributed by atoms with Gasteiger partial charge in [0, 0.05) is 35.9 Å². The van der Waals surface area contributed by atoms with Crippen molar-refractivity contribution in [3.05, 3.63) is 77.7 Å². The van der Waals surface area contributed by atoms with Crippen LogP contribution in [0.1, 0.15) is 16.8 Å². The topological polar surface area (TPSA) is 50.3 Å². The summed E-state index contributed by atoms with van der Waals surface area (Å²) in [7, 11) is 2.03. The van der Waals surface area contributed by atoms with Gasteiger partial charge in [-0.3, -0.25) is 0 Å². The van der Waals surface area contributed by atoms with Crippen LogP contribution in [0.15, 0.2) is 65.9 Å².